The van der Waals surface area contributed by atoms with Crippen LogP contribution in [0.25, 0.3) is 0 Å². The molecular weight excluding hydrogens is 288 g/mol. The molecule has 2 rings (SSSR count). The summed E-state index contributed by atoms with van der Waals surface area (Å²) in [4.78, 5) is 17.2. The van der Waals surface area contributed by atoms with Crippen molar-refractivity contribution >= 4 is 29.0 Å². The van der Waals surface area contributed by atoms with Crippen LogP contribution in [0.5, 0.6) is 0 Å². The van der Waals surface area contributed by atoms with E-state index in [1.807, 2.05) is 23.6 Å². The van der Waals surface area contributed by atoms with Crippen molar-refractivity contribution in [2.75, 3.05) is 6.54 Å². The lowest BCUT2D eigenvalue weighted by molar-refractivity contribution is -0.121. The average Bonchev–Trinajstić information content (AvgIpc) is 2.97. The molecule has 1 atom stereocenters. The van der Waals surface area contributed by atoms with Gasteiger partial charge in [0.05, 0.1) is 11.2 Å². The van der Waals surface area contributed by atoms with Gasteiger partial charge in [0.15, 0.2) is 0 Å². The minimum atomic E-state index is 0.0958. The van der Waals surface area contributed by atoms with Gasteiger partial charge in [0.1, 0.15) is 0 Å². The first-order chi connectivity index (χ1) is 9.74. The number of carbonyl (C=O) groups is 1. The third-order valence-corrected chi connectivity index (χ3v) is 4.51. The van der Waals surface area contributed by atoms with Crippen LogP contribution in [0, 0.1) is 0 Å². The van der Waals surface area contributed by atoms with Crippen molar-refractivity contribution in [3.05, 3.63) is 46.9 Å². The first-order valence-electron chi connectivity index (χ1n) is 6.59. The fourth-order valence-corrected chi connectivity index (χ4v) is 3.26. The van der Waals surface area contributed by atoms with Gasteiger partial charge in [-0.3, -0.25) is 4.79 Å². The molecule has 106 valence electrons. The lowest BCUT2D eigenvalue weighted by atomic mass is 10.2. The second kappa shape index (κ2) is 8.07. The van der Waals surface area contributed by atoms with Crippen LogP contribution >= 0.6 is 23.1 Å². The number of thiazole rings is 1. The molecule has 0 aliphatic heterocycles. The third-order valence-electron chi connectivity index (χ3n) is 2.76. The summed E-state index contributed by atoms with van der Waals surface area (Å²) < 4.78 is 0. The number of benzene rings is 1. The molecule has 0 aliphatic carbocycles. The van der Waals surface area contributed by atoms with Crippen molar-refractivity contribution in [1.82, 2.24) is 10.3 Å². The van der Waals surface area contributed by atoms with Crippen molar-refractivity contribution in [3.63, 3.8) is 0 Å². The monoisotopic (exact) mass is 306 g/mol. The molecule has 0 radical (unpaired) electrons. The van der Waals surface area contributed by atoms with E-state index in [4.69, 9.17) is 0 Å². The summed E-state index contributed by atoms with van der Waals surface area (Å²) in [5.41, 5.74) is 2.79. The van der Waals surface area contributed by atoms with Crippen LogP contribution in [0.1, 0.15) is 19.0 Å². The summed E-state index contributed by atoms with van der Waals surface area (Å²) in [6, 6.07) is 10.2. The predicted octanol–water partition coefficient (Wildman–Crippen LogP) is 3.37. The molecule has 20 heavy (non-hydrogen) atoms. The lowest BCUT2D eigenvalue weighted by Gasteiger charge is -2.12. The van der Waals surface area contributed by atoms with Gasteiger partial charge in [-0.15, -0.1) is 23.1 Å². The molecule has 1 heterocycles. The zero-order chi connectivity index (χ0) is 14.2. The Morgan fingerprint density at radius 1 is 1.40 bits per heavy atom. The molecule has 1 aromatic carbocycles. The minimum absolute atomic E-state index is 0.0958. The normalized spacial score (nSPS) is 12.1. The Balaban J connectivity index is 1.65. The smallest absolute Gasteiger partial charge is 0.220 e. The predicted molar refractivity (Wildman–Crippen MR) is 85.2 cm³/mol. The van der Waals surface area contributed by atoms with E-state index in [1.54, 1.807) is 28.6 Å². The van der Waals surface area contributed by atoms with Crippen LogP contribution < -0.4 is 5.32 Å². The van der Waals surface area contributed by atoms with Crippen LogP contribution in [0.2, 0.25) is 0 Å². The fraction of sp³-hybridized carbons (Fsp3) is 0.333. The number of rotatable bonds is 7. The standard InChI is InChI=1S/C15H18N2OS2/c1-12(20-14-5-3-2-4-6-14)9-16-15(18)8-7-13-10-19-11-17-13/h2-6,10-12H,7-9H2,1H3,(H,16,18)/t12-/m0/s1. The number of aromatic nitrogens is 1. The Kier molecular flexibility index (Phi) is 6.08. The molecule has 0 unspecified atom stereocenters. The summed E-state index contributed by atoms with van der Waals surface area (Å²) in [5.74, 6) is 0.0958. The Labute approximate surface area is 127 Å². The Morgan fingerprint density at radius 3 is 2.90 bits per heavy atom. The summed E-state index contributed by atoms with van der Waals surface area (Å²) in [6.07, 6.45) is 1.22. The largest absolute Gasteiger partial charge is 0.355 e. The second-order valence-electron chi connectivity index (χ2n) is 4.53. The van der Waals surface area contributed by atoms with Crippen LogP contribution in [-0.2, 0) is 11.2 Å². The molecule has 3 nitrogen and oxygen atoms in total. The van der Waals surface area contributed by atoms with E-state index >= 15 is 0 Å². The third kappa shape index (κ3) is 5.35. The number of nitrogens with zero attached hydrogens (tertiary/aromatic N) is 1. The number of hydrogen-bond acceptors (Lipinski definition) is 4. The lowest BCUT2D eigenvalue weighted by Crippen LogP contribution is -2.29. The fourth-order valence-electron chi connectivity index (χ4n) is 1.72. The van der Waals surface area contributed by atoms with Gasteiger partial charge in [0.2, 0.25) is 5.91 Å². The van der Waals surface area contributed by atoms with Crippen LogP contribution in [0.3, 0.4) is 0 Å². The van der Waals surface area contributed by atoms with E-state index in [1.165, 1.54) is 4.90 Å². The maximum atomic E-state index is 11.8. The van der Waals surface area contributed by atoms with Crippen LogP contribution in [-0.4, -0.2) is 22.7 Å². The van der Waals surface area contributed by atoms with Crippen molar-refractivity contribution in [1.29, 1.82) is 0 Å². The molecule has 2 aromatic rings. The maximum absolute atomic E-state index is 11.8. The molecule has 0 spiro atoms. The van der Waals surface area contributed by atoms with Crippen LogP contribution in [0.15, 0.2) is 46.1 Å². The van der Waals surface area contributed by atoms with Crippen LogP contribution in [0.4, 0.5) is 0 Å². The van der Waals surface area contributed by atoms with Gasteiger partial charge in [-0.2, -0.15) is 0 Å². The SMILES string of the molecule is C[C@@H](CNC(=O)CCc1cscn1)Sc1ccccc1. The van der Waals surface area contributed by atoms with Gasteiger partial charge < -0.3 is 5.32 Å². The summed E-state index contributed by atoms with van der Waals surface area (Å²) in [5, 5.41) is 5.33. The number of aryl methyl sites for hydroxylation is 1. The highest BCUT2D eigenvalue weighted by atomic mass is 32.2. The summed E-state index contributed by atoms with van der Waals surface area (Å²) in [6.45, 7) is 2.81. The number of carbonyl (C=O) groups excluding carboxylic acids is 1. The van der Waals surface area contributed by atoms with E-state index < -0.39 is 0 Å². The van der Waals surface area contributed by atoms with Gasteiger partial charge in [0, 0.05) is 28.5 Å². The molecule has 5 heteroatoms. The molecule has 1 amide bonds. The molecular formula is C15H18N2OS2. The molecule has 0 fully saturated rings. The van der Waals surface area contributed by atoms with Crippen molar-refractivity contribution in [2.24, 2.45) is 0 Å². The van der Waals surface area contributed by atoms with Crippen molar-refractivity contribution in [2.45, 2.75) is 29.9 Å². The highest BCUT2D eigenvalue weighted by molar-refractivity contribution is 8.00. The van der Waals surface area contributed by atoms with Gasteiger partial charge in [-0.05, 0) is 18.6 Å². The van der Waals surface area contributed by atoms with Gasteiger partial charge in [-0.25, -0.2) is 4.98 Å². The van der Waals surface area contributed by atoms with Crippen molar-refractivity contribution in [3.8, 4) is 0 Å². The highest BCUT2D eigenvalue weighted by Gasteiger charge is 2.07. The van der Waals surface area contributed by atoms with Gasteiger partial charge in [0.25, 0.3) is 0 Å². The van der Waals surface area contributed by atoms with Gasteiger partial charge in [-0.1, -0.05) is 25.1 Å². The minimum Gasteiger partial charge on any atom is -0.355 e. The van der Waals surface area contributed by atoms with E-state index in [0.717, 1.165) is 12.1 Å². The first-order valence-corrected chi connectivity index (χ1v) is 8.42. The highest BCUT2D eigenvalue weighted by Crippen LogP contribution is 2.21. The summed E-state index contributed by atoms with van der Waals surface area (Å²) in [7, 11) is 0. The maximum Gasteiger partial charge on any atom is 0.220 e. The molecule has 0 saturated carbocycles. The first kappa shape index (κ1) is 15.1. The number of thioether (sulfide) groups is 1. The quantitative estimate of drug-likeness (QED) is 0.797. The summed E-state index contributed by atoms with van der Waals surface area (Å²) >= 11 is 3.34. The second-order valence-corrected chi connectivity index (χ2v) is 6.76. The topological polar surface area (TPSA) is 42.0 Å². The molecule has 0 bridgehead atoms. The molecule has 1 aromatic heterocycles. The average molecular weight is 306 g/mol. The van der Waals surface area contributed by atoms with Crippen molar-refractivity contribution < 1.29 is 4.79 Å². The van der Waals surface area contributed by atoms with E-state index in [0.29, 0.717) is 18.2 Å². The van der Waals surface area contributed by atoms with E-state index in [-0.39, 0.29) is 5.91 Å². The molecule has 0 saturated heterocycles. The number of amides is 1. The molecule has 0 aliphatic rings. The van der Waals surface area contributed by atoms with E-state index in [9.17, 15) is 4.79 Å². The number of nitrogens with one attached hydrogen (secondary N) is 1. The van der Waals surface area contributed by atoms with Gasteiger partial charge >= 0.3 is 0 Å². The molecule has 1 N–H and O–H groups in total. The Morgan fingerprint density at radius 2 is 2.20 bits per heavy atom. The Hall–Kier alpha value is -1.33. The zero-order valence-corrected chi connectivity index (χ0v) is 13.0. The number of hydrogen-bond donors (Lipinski definition) is 1. The van der Waals surface area contributed by atoms with E-state index in [2.05, 4.69) is 29.4 Å². The Bertz CT molecular complexity index is 514. The zero-order valence-electron chi connectivity index (χ0n) is 11.4.